The molecular weight excluding hydrogens is 230 g/mol. The number of halogens is 2. The maximum atomic E-state index is 13.3. The summed E-state index contributed by atoms with van der Waals surface area (Å²) in [5, 5.41) is 2.33. The molecule has 0 aliphatic carbocycles. The van der Waals surface area contributed by atoms with Gasteiger partial charge in [-0.3, -0.25) is 4.90 Å². The Labute approximate surface area is 101 Å². The highest BCUT2D eigenvalue weighted by Crippen LogP contribution is 2.29. The van der Waals surface area contributed by atoms with Crippen LogP contribution in [-0.2, 0) is 4.74 Å². The van der Waals surface area contributed by atoms with Gasteiger partial charge in [-0.2, -0.15) is 0 Å². The molecule has 0 spiro atoms. The Hall–Kier alpha value is -0.910. The highest BCUT2D eigenvalue weighted by molar-refractivity contribution is 5.67. The predicted octanol–water partition coefficient (Wildman–Crippen LogP) is 2.10. The summed E-state index contributed by atoms with van der Waals surface area (Å²) < 4.78 is 31.3. The molecule has 1 heterocycles. The molecule has 1 aliphatic heterocycles. The molecule has 0 bridgehead atoms. The fraction of sp³-hybridized carbons (Fsp3) is 0.909. The molecule has 0 radical (unpaired) electrons. The van der Waals surface area contributed by atoms with Crippen molar-refractivity contribution in [1.29, 1.82) is 0 Å². The summed E-state index contributed by atoms with van der Waals surface area (Å²) in [6.45, 7) is 8.16. The van der Waals surface area contributed by atoms with Gasteiger partial charge in [-0.05, 0) is 13.5 Å². The van der Waals surface area contributed by atoms with E-state index in [1.807, 2.05) is 13.8 Å². The summed E-state index contributed by atoms with van der Waals surface area (Å²) in [5.74, 6) is -2.94. The Morgan fingerprint density at radius 3 is 2.47 bits per heavy atom. The molecule has 1 atom stereocenters. The van der Waals surface area contributed by atoms with Crippen molar-refractivity contribution < 1.29 is 18.3 Å². The van der Waals surface area contributed by atoms with E-state index in [1.54, 1.807) is 18.7 Å². The van der Waals surface area contributed by atoms with Crippen molar-refractivity contribution in [2.24, 2.45) is 0 Å². The van der Waals surface area contributed by atoms with Gasteiger partial charge in [0, 0.05) is 13.1 Å². The number of carbonyl (C=O) groups is 1. The molecule has 102 valence electrons. The predicted molar refractivity (Wildman–Crippen MR) is 62.4 cm³/mol. The van der Waals surface area contributed by atoms with Crippen molar-refractivity contribution in [3.05, 3.63) is 0 Å². The fourth-order valence-corrected chi connectivity index (χ4v) is 1.51. The van der Waals surface area contributed by atoms with Crippen LogP contribution in [0.4, 0.5) is 13.6 Å². The van der Waals surface area contributed by atoms with Crippen LogP contribution in [0.3, 0.4) is 0 Å². The monoisotopic (exact) mass is 252 g/mol. The Balaban J connectivity index is 0.00000121. The van der Waals surface area contributed by atoms with E-state index in [1.165, 1.54) is 0 Å². The van der Waals surface area contributed by atoms with Crippen LogP contribution in [0, 0.1) is 0 Å². The number of carbonyl (C=O) groups excluding carboxylic acids is 1. The lowest BCUT2D eigenvalue weighted by Crippen LogP contribution is -2.39. The molecule has 1 saturated heterocycles. The third-order valence-electron chi connectivity index (χ3n) is 2.35. The third kappa shape index (κ3) is 4.85. The SMILES string of the molecule is CC.CCNC(=O)OC1CN(CC)CC1(F)F. The van der Waals surface area contributed by atoms with Gasteiger partial charge in [-0.1, -0.05) is 20.8 Å². The van der Waals surface area contributed by atoms with Gasteiger partial charge in [0.25, 0.3) is 5.92 Å². The van der Waals surface area contributed by atoms with Crippen LogP contribution in [0.25, 0.3) is 0 Å². The van der Waals surface area contributed by atoms with Crippen molar-refractivity contribution in [3.63, 3.8) is 0 Å². The number of likely N-dealkylation sites (tertiary alicyclic amines) is 1. The van der Waals surface area contributed by atoms with E-state index in [4.69, 9.17) is 0 Å². The lowest BCUT2D eigenvalue weighted by Gasteiger charge is -2.17. The number of alkyl carbamates (subject to hydrolysis) is 1. The fourth-order valence-electron chi connectivity index (χ4n) is 1.51. The lowest BCUT2D eigenvalue weighted by atomic mass is 10.2. The van der Waals surface area contributed by atoms with E-state index in [0.717, 1.165) is 0 Å². The normalized spacial score (nSPS) is 22.6. The highest BCUT2D eigenvalue weighted by Gasteiger charge is 2.50. The topological polar surface area (TPSA) is 41.6 Å². The molecule has 0 saturated carbocycles. The quantitative estimate of drug-likeness (QED) is 0.836. The Morgan fingerprint density at radius 2 is 2.06 bits per heavy atom. The molecule has 1 N–H and O–H groups in total. The summed E-state index contributed by atoms with van der Waals surface area (Å²) in [6, 6.07) is 0. The van der Waals surface area contributed by atoms with Gasteiger partial charge in [0.15, 0.2) is 6.10 Å². The molecule has 1 amide bonds. The first kappa shape index (κ1) is 16.1. The van der Waals surface area contributed by atoms with Crippen molar-refractivity contribution in [3.8, 4) is 0 Å². The number of hydrogen-bond acceptors (Lipinski definition) is 3. The molecule has 6 heteroatoms. The van der Waals surface area contributed by atoms with Gasteiger partial charge in [0.1, 0.15) is 0 Å². The number of nitrogens with one attached hydrogen (secondary N) is 1. The van der Waals surface area contributed by atoms with E-state index >= 15 is 0 Å². The van der Waals surface area contributed by atoms with Crippen LogP contribution in [-0.4, -0.2) is 49.2 Å². The zero-order valence-electron chi connectivity index (χ0n) is 10.9. The molecule has 0 aromatic rings. The van der Waals surface area contributed by atoms with Crippen LogP contribution in [0.5, 0.6) is 0 Å². The van der Waals surface area contributed by atoms with E-state index in [9.17, 15) is 13.6 Å². The number of alkyl halides is 2. The summed E-state index contributed by atoms with van der Waals surface area (Å²) in [6.07, 6.45) is -2.11. The Kier molecular flexibility index (Phi) is 7.03. The molecule has 17 heavy (non-hydrogen) atoms. The second-order valence-electron chi connectivity index (χ2n) is 3.51. The van der Waals surface area contributed by atoms with Crippen LogP contribution >= 0.6 is 0 Å². The maximum absolute atomic E-state index is 13.3. The third-order valence-corrected chi connectivity index (χ3v) is 2.35. The first-order valence-electron chi connectivity index (χ1n) is 6.04. The van der Waals surface area contributed by atoms with Gasteiger partial charge in [-0.15, -0.1) is 0 Å². The number of amides is 1. The lowest BCUT2D eigenvalue weighted by molar-refractivity contribution is -0.0776. The molecule has 1 rings (SSSR count). The molecule has 0 aromatic carbocycles. The van der Waals surface area contributed by atoms with Gasteiger partial charge in [0.2, 0.25) is 0 Å². The zero-order chi connectivity index (χ0) is 13.5. The van der Waals surface area contributed by atoms with E-state index in [-0.39, 0.29) is 13.1 Å². The van der Waals surface area contributed by atoms with Gasteiger partial charge < -0.3 is 10.1 Å². The summed E-state index contributed by atoms with van der Waals surface area (Å²) in [7, 11) is 0. The van der Waals surface area contributed by atoms with Crippen molar-refractivity contribution in [1.82, 2.24) is 10.2 Å². The smallest absolute Gasteiger partial charge is 0.407 e. The Morgan fingerprint density at radius 1 is 1.47 bits per heavy atom. The molecule has 1 aliphatic rings. The average Bonchev–Trinajstić information content (AvgIpc) is 2.57. The molecule has 0 aromatic heterocycles. The molecule has 1 fully saturated rings. The first-order chi connectivity index (χ1) is 7.99. The highest BCUT2D eigenvalue weighted by atomic mass is 19.3. The van der Waals surface area contributed by atoms with Crippen LogP contribution in [0.1, 0.15) is 27.7 Å². The van der Waals surface area contributed by atoms with Crippen LogP contribution in [0.2, 0.25) is 0 Å². The second-order valence-corrected chi connectivity index (χ2v) is 3.51. The minimum absolute atomic E-state index is 0.0979. The minimum Gasteiger partial charge on any atom is -0.438 e. The van der Waals surface area contributed by atoms with E-state index in [2.05, 4.69) is 10.1 Å². The van der Waals surface area contributed by atoms with E-state index in [0.29, 0.717) is 13.1 Å². The Bertz CT molecular complexity index is 238. The van der Waals surface area contributed by atoms with Crippen LogP contribution < -0.4 is 5.32 Å². The maximum Gasteiger partial charge on any atom is 0.407 e. The number of likely N-dealkylation sites (N-methyl/N-ethyl adjacent to an activating group) is 1. The summed E-state index contributed by atoms with van der Waals surface area (Å²) in [5.41, 5.74) is 0. The minimum atomic E-state index is -2.94. The van der Waals surface area contributed by atoms with Crippen molar-refractivity contribution in [2.75, 3.05) is 26.2 Å². The molecule has 4 nitrogen and oxygen atoms in total. The summed E-state index contributed by atoms with van der Waals surface area (Å²) >= 11 is 0. The summed E-state index contributed by atoms with van der Waals surface area (Å²) in [4.78, 5) is 12.6. The number of ether oxygens (including phenoxy) is 1. The van der Waals surface area contributed by atoms with Crippen LogP contribution in [0.15, 0.2) is 0 Å². The van der Waals surface area contributed by atoms with Gasteiger partial charge in [-0.25, -0.2) is 13.6 Å². The largest absolute Gasteiger partial charge is 0.438 e. The van der Waals surface area contributed by atoms with Crippen molar-refractivity contribution >= 4 is 6.09 Å². The number of rotatable bonds is 3. The van der Waals surface area contributed by atoms with E-state index < -0.39 is 18.1 Å². The molecule has 1 unspecified atom stereocenters. The van der Waals surface area contributed by atoms with Crippen molar-refractivity contribution in [2.45, 2.75) is 39.7 Å². The average molecular weight is 252 g/mol. The van der Waals surface area contributed by atoms with Gasteiger partial charge >= 0.3 is 6.09 Å². The first-order valence-corrected chi connectivity index (χ1v) is 6.04. The number of hydrogen-bond donors (Lipinski definition) is 1. The standard InChI is InChI=1S/C9H16F2N2O2.C2H6/c1-3-12-8(14)15-7-5-13(4-2)6-9(7,10)11;1-2/h7H,3-6H2,1-2H3,(H,12,14);1-2H3. The second kappa shape index (κ2) is 7.42. The molecular formula is C11H22F2N2O2. The number of nitrogens with zero attached hydrogens (tertiary/aromatic N) is 1. The van der Waals surface area contributed by atoms with Gasteiger partial charge in [0.05, 0.1) is 6.54 Å². The zero-order valence-corrected chi connectivity index (χ0v) is 10.9.